The summed E-state index contributed by atoms with van der Waals surface area (Å²) in [5, 5.41) is 2.85. The quantitative estimate of drug-likeness (QED) is 0.731. The van der Waals surface area contributed by atoms with Gasteiger partial charge in [0.1, 0.15) is 0 Å². The Labute approximate surface area is 155 Å². The van der Waals surface area contributed by atoms with Gasteiger partial charge in [-0.05, 0) is 37.1 Å². The molecule has 0 aliphatic heterocycles. The number of hydrogen-bond donors (Lipinski definition) is 2. The van der Waals surface area contributed by atoms with E-state index in [1.807, 2.05) is 0 Å². The number of carbonyl (C=O) groups is 2. The minimum absolute atomic E-state index is 0. The summed E-state index contributed by atoms with van der Waals surface area (Å²) in [4.78, 5) is 26.4. The average Bonchev–Trinajstić information content (AvgIpc) is 3.03. The predicted molar refractivity (Wildman–Crippen MR) is 104 cm³/mol. The van der Waals surface area contributed by atoms with Gasteiger partial charge in [0, 0.05) is 24.3 Å². The Hall–Kier alpha value is -2.11. The van der Waals surface area contributed by atoms with Crippen molar-refractivity contribution in [1.82, 2.24) is 4.90 Å². The Balaban J connectivity index is 0.00000312. The van der Waals surface area contributed by atoms with Gasteiger partial charge in [-0.3, -0.25) is 9.59 Å². The first kappa shape index (κ1) is 20.9. The molecule has 25 heavy (non-hydrogen) atoms. The average molecular weight is 364 g/mol. The molecule has 0 atom stereocenters. The van der Waals surface area contributed by atoms with E-state index < -0.39 is 5.54 Å². The van der Waals surface area contributed by atoms with Crippen LogP contribution in [0.3, 0.4) is 0 Å². The second-order valence-corrected chi connectivity index (χ2v) is 6.18. The molecule has 2 rings (SSSR count). The van der Waals surface area contributed by atoms with Gasteiger partial charge in [-0.25, -0.2) is 0 Å². The lowest BCUT2D eigenvalue weighted by Crippen LogP contribution is -2.48. The number of benzene rings is 1. The third-order valence-electron chi connectivity index (χ3n) is 4.32. The van der Waals surface area contributed by atoms with E-state index in [0.29, 0.717) is 37.2 Å². The fourth-order valence-electron chi connectivity index (χ4n) is 2.92. The van der Waals surface area contributed by atoms with Crippen LogP contribution in [-0.4, -0.2) is 35.3 Å². The summed E-state index contributed by atoms with van der Waals surface area (Å²) in [6.07, 6.45) is 6.76. The van der Waals surface area contributed by atoms with Crippen LogP contribution in [0.15, 0.2) is 49.6 Å². The number of carbonyl (C=O) groups excluding carboxylic acids is 2. The van der Waals surface area contributed by atoms with Crippen LogP contribution in [0.4, 0.5) is 5.69 Å². The van der Waals surface area contributed by atoms with E-state index in [-0.39, 0.29) is 24.2 Å². The van der Waals surface area contributed by atoms with E-state index in [4.69, 9.17) is 5.73 Å². The Bertz CT molecular complexity index is 612. The van der Waals surface area contributed by atoms with Crippen molar-refractivity contribution in [2.75, 3.05) is 18.4 Å². The molecule has 1 fully saturated rings. The highest BCUT2D eigenvalue weighted by Gasteiger charge is 2.36. The van der Waals surface area contributed by atoms with Crippen LogP contribution in [0.25, 0.3) is 0 Å². The number of halogens is 1. The second-order valence-electron chi connectivity index (χ2n) is 6.18. The fraction of sp³-hybridized carbons (Fsp3) is 0.368. The van der Waals surface area contributed by atoms with E-state index in [0.717, 1.165) is 12.8 Å². The van der Waals surface area contributed by atoms with Crippen LogP contribution in [0.2, 0.25) is 0 Å². The number of hydrogen-bond acceptors (Lipinski definition) is 3. The number of nitrogens with zero attached hydrogens (tertiary/aromatic N) is 1. The monoisotopic (exact) mass is 363 g/mol. The van der Waals surface area contributed by atoms with Crippen molar-refractivity contribution < 1.29 is 9.59 Å². The maximum Gasteiger partial charge on any atom is 0.254 e. The van der Waals surface area contributed by atoms with E-state index in [1.165, 1.54) is 0 Å². The Kier molecular flexibility index (Phi) is 7.87. The van der Waals surface area contributed by atoms with Crippen LogP contribution < -0.4 is 11.1 Å². The zero-order chi connectivity index (χ0) is 17.6. The molecule has 6 heteroatoms. The molecular weight excluding hydrogens is 338 g/mol. The van der Waals surface area contributed by atoms with Crippen molar-refractivity contribution in [1.29, 1.82) is 0 Å². The van der Waals surface area contributed by atoms with Crippen LogP contribution in [0.1, 0.15) is 36.0 Å². The summed E-state index contributed by atoms with van der Waals surface area (Å²) in [7, 11) is 0. The van der Waals surface area contributed by atoms with Crippen molar-refractivity contribution in [2.24, 2.45) is 5.73 Å². The number of nitrogens with two attached hydrogens (primary N) is 1. The number of nitrogens with one attached hydrogen (secondary N) is 1. The van der Waals surface area contributed by atoms with Crippen molar-refractivity contribution in [3.8, 4) is 0 Å². The highest BCUT2D eigenvalue weighted by Crippen LogP contribution is 2.28. The number of anilines is 1. The maximum atomic E-state index is 12.4. The molecule has 1 aromatic rings. The van der Waals surface area contributed by atoms with Crippen molar-refractivity contribution in [3.63, 3.8) is 0 Å². The number of rotatable bonds is 7. The summed E-state index contributed by atoms with van der Waals surface area (Å²) >= 11 is 0. The van der Waals surface area contributed by atoms with E-state index in [1.54, 1.807) is 41.3 Å². The summed E-state index contributed by atoms with van der Waals surface area (Å²) in [6, 6.07) is 6.86. The topological polar surface area (TPSA) is 75.4 Å². The van der Waals surface area contributed by atoms with Crippen LogP contribution in [0.5, 0.6) is 0 Å². The van der Waals surface area contributed by atoms with Gasteiger partial charge < -0.3 is 16.0 Å². The van der Waals surface area contributed by atoms with Gasteiger partial charge >= 0.3 is 0 Å². The van der Waals surface area contributed by atoms with Gasteiger partial charge in [-0.1, -0.05) is 25.0 Å². The summed E-state index contributed by atoms with van der Waals surface area (Å²) < 4.78 is 0. The zero-order valence-corrected chi connectivity index (χ0v) is 15.2. The molecular formula is C19H26ClN3O2. The lowest BCUT2D eigenvalue weighted by molar-refractivity contribution is -0.121. The maximum absolute atomic E-state index is 12.4. The first-order valence-electron chi connectivity index (χ1n) is 8.21. The van der Waals surface area contributed by atoms with Crippen molar-refractivity contribution >= 4 is 29.9 Å². The normalized spacial score (nSPS) is 14.9. The fourth-order valence-corrected chi connectivity index (χ4v) is 2.92. The van der Waals surface area contributed by atoms with Gasteiger partial charge in [0.25, 0.3) is 5.91 Å². The third-order valence-corrected chi connectivity index (χ3v) is 4.32. The highest BCUT2D eigenvalue weighted by atomic mass is 35.5. The Morgan fingerprint density at radius 2 is 1.64 bits per heavy atom. The standard InChI is InChI=1S/C19H25N3O2.ClH/c1-3-13-22(14-4-2)17(23)15-7-9-16(10-8-15)21-18(24)19(20)11-5-6-12-19;/h3-4,7-10H,1-2,5-6,11-14,20H2,(H,21,24);1H. The molecule has 0 unspecified atom stereocenters. The molecule has 0 spiro atoms. The van der Waals surface area contributed by atoms with Gasteiger partial charge in [-0.15, -0.1) is 25.6 Å². The van der Waals surface area contributed by atoms with Crippen LogP contribution in [0, 0.1) is 0 Å². The molecule has 0 saturated heterocycles. The molecule has 0 aromatic heterocycles. The summed E-state index contributed by atoms with van der Waals surface area (Å²) in [5.74, 6) is -0.252. The van der Waals surface area contributed by atoms with Crippen molar-refractivity contribution in [3.05, 3.63) is 55.1 Å². The highest BCUT2D eigenvalue weighted by molar-refractivity contribution is 5.99. The van der Waals surface area contributed by atoms with Gasteiger partial charge in [-0.2, -0.15) is 0 Å². The molecule has 136 valence electrons. The van der Waals surface area contributed by atoms with E-state index in [2.05, 4.69) is 18.5 Å². The molecule has 1 aliphatic rings. The van der Waals surface area contributed by atoms with Crippen molar-refractivity contribution in [2.45, 2.75) is 31.2 Å². The minimum atomic E-state index is -0.765. The first-order chi connectivity index (χ1) is 11.5. The lowest BCUT2D eigenvalue weighted by Gasteiger charge is -2.22. The number of amides is 2. The molecule has 0 radical (unpaired) electrons. The minimum Gasteiger partial charge on any atom is -0.331 e. The summed E-state index contributed by atoms with van der Waals surface area (Å²) in [5.41, 5.74) is 6.58. The molecule has 1 aromatic carbocycles. The SMILES string of the molecule is C=CCN(CC=C)C(=O)c1ccc(NC(=O)C2(N)CCCC2)cc1.Cl. The molecule has 2 amide bonds. The van der Waals surface area contributed by atoms with Gasteiger partial charge in [0.2, 0.25) is 5.91 Å². The Morgan fingerprint density at radius 1 is 1.12 bits per heavy atom. The molecule has 1 aliphatic carbocycles. The van der Waals surface area contributed by atoms with Gasteiger partial charge in [0.05, 0.1) is 5.54 Å². The molecule has 5 nitrogen and oxygen atoms in total. The molecule has 0 heterocycles. The van der Waals surface area contributed by atoms with Crippen LogP contribution in [-0.2, 0) is 4.79 Å². The Morgan fingerprint density at radius 3 is 2.12 bits per heavy atom. The smallest absolute Gasteiger partial charge is 0.254 e. The first-order valence-corrected chi connectivity index (χ1v) is 8.21. The van der Waals surface area contributed by atoms with Gasteiger partial charge in [0.15, 0.2) is 0 Å². The molecule has 3 N–H and O–H groups in total. The molecule has 0 bridgehead atoms. The molecule has 1 saturated carbocycles. The lowest BCUT2D eigenvalue weighted by atomic mass is 9.98. The second kappa shape index (κ2) is 9.39. The third kappa shape index (κ3) is 5.18. The largest absolute Gasteiger partial charge is 0.331 e. The zero-order valence-electron chi connectivity index (χ0n) is 14.4. The van der Waals surface area contributed by atoms with E-state index in [9.17, 15) is 9.59 Å². The predicted octanol–water partition coefficient (Wildman–Crippen LogP) is 3.13. The summed E-state index contributed by atoms with van der Waals surface area (Å²) in [6.45, 7) is 8.24. The van der Waals surface area contributed by atoms with Crippen LogP contribution >= 0.6 is 12.4 Å². The van der Waals surface area contributed by atoms with E-state index >= 15 is 0 Å².